The van der Waals surface area contributed by atoms with Gasteiger partial charge >= 0.3 is 6.18 Å². The molecule has 1 aliphatic carbocycles. The number of anilines is 1. The quantitative estimate of drug-likeness (QED) is 0.809. The number of aryl methyl sites for hydroxylation is 1. The average Bonchev–Trinajstić information content (AvgIpc) is 2.71. The Bertz CT molecular complexity index is 530. The van der Waals surface area contributed by atoms with E-state index in [9.17, 15) is 13.2 Å². The molecule has 1 unspecified atom stereocenters. The lowest BCUT2D eigenvalue weighted by Crippen LogP contribution is -2.29. The van der Waals surface area contributed by atoms with Crippen LogP contribution in [0.3, 0.4) is 0 Å². The van der Waals surface area contributed by atoms with E-state index in [1.165, 1.54) is 0 Å². The Balaban J connectivity index is 2.04. The Labute approximate surface area is 121 Å². The van der Waals surface area contributed by atoms with E-state index < -0.39 is 11.9 Å². The van der Waals surface area contributed by atoms with Gasteiger partial charge in [-0.25, -0.2) is 9.97 Å². The van der Waals surface area contributed by atoms with Crippen LogP contribution in [0.1, 0.15) is 42.6 Å². The fourth-order valence-electron chi connectivity index (χ4n) is 3.10. The molecule has 116 valence electrons. The number of hydrogen-bond donors (Lipinski definition) is 1. The molecule has 0 aromatic carbocycles. The van der Waals surface area contributed by atoms with Crippen LogP contribution >= 0.6 is 0 Å². The van der Waals surface area contributed by atoms with Gasteiger partial charge in [-0.1, -0.05) is 6.42 Å². The van der Waals surface area contributed by atoms with E-state index in [1.54, 1.807) is 4.90 Å². The third-order valence-electron chi connectivity index (χ3n) is 4.20. The number of fused-ring (bicyclic) bond motifs is 1. The number of hydrogen-bond acceptors (Lipinski definition) is 4. The highest BCUT2D eigenvalue weighted by Gasteiger charge is 2.38. The summed E-state index contributed by atoms with van der Waals surface area (Å²) in [5.41, 5.74) is 5.96. The lowest BCUT2D eigenvalue weighted by atomic mass is 10.1. The van der Waals surface area contributed by atoms with E-state index in [4.69, 9.17) is 5.73 Å². The standard InChI is InChI=1S/C14H19F3N4/c15-14(16,17)12-10-4-2-1-3-5-11(10)19-13(20-12)21-7-6-9(18)8-21/h9H,1-8,18H2. The first kappa shape index (κ1) is 14.6. The van der Waals surface area contributed by atoms with Crippen molar-refractivity contribution < 1.29 is 13.2 Å². The van der Waals surface area contributed by atoms with Gasteiger partial charge in [0, 0.05) is 30.4 Å². The van der Waals surface area contributed by atoms with Gasteiger partial charge < -0.3 is 10.6 Å². The van der Waals surface area contributed by atoms with Gasteiger partial charge in [0.25, 0.3) is 0 Å². The van der Waals surface area contributed by atoms with Gasteiger partial charge in [0.05, 0.1) is 0 Å². The zero-order valence-electron chi connectivity index (χ0n) is 11.8. The predicted molar refractivity (Wildman–Crippen MR) is 73.1 cm³/mol. The highest BCUT2D eigenvalue weighted by molar-refractivity contribution is 5.40. The molecule has 0 bridgehead atoms. The van der Waals surface area contributed by atoms with Crippen LogP contribution in [-0.4, -0.2) is 29.1 Å². The second-order valence-corrected chi connectivity index (χ2v) is 5.85. The summed E-state index contributed by atoms with van der Waals surface area (Å²) in [5.74, 6) is 0.191. The van der Waals surface area contributed by atoms with Crippen LogP contribution in [0, 0.1) is 0 Å². The summed E-state index contributed by atoms with van der Waals surface area (Å²) in [4.78, 5) is 10.0. The molecule has 1 atom stereocenters. The van der Waals surface area contributed by atoms with Crippen molar-refractivity contribution in [2.45, 2.75) is 50.7 Å². The van der Waals surface area contributed by atoms with Gasteiger partial charge in [-0.2, -0.15) is 13.2 Å². The van der Waals surface area contributed by atoms with Gasteiger partial charge in [0.1, 0.15) is 0 Å². The molecule has 2 aliphatic rings. The molecular formula is C14H19F3N4. The molecule has 7 heteroatoms. The SMILES string of the molecule is NC1CCN(c2nc3c(c(C(F)(F)F)n2)CCCCC3)C1. The molecule has 0 saturated carbocycles. The number of alkyl halides is 3. The van der Waals surface area contributed by atoms with Crippen LogP contribution in [0.15, 0.2) is 0 Å². The maximum atomic E-state index is 13.3. The molecule has 2 heterocycles. The van der Waals surface area contributed by atoms with Crippen LogP contribution in [0.5, 0.6) is 0 Å². The molecule has 0 spiro atoms. The van der Waals surface area contributed by atoms with E-state index in [0.29, 0.717) is 37.2 Å². The second kappa shape index (κ2) is 5.44. The molecule has 0 radical (unpaired) electrons. The van der Waals surface area contributed by atoms with Crippen LogP contribution in [0.4, 0.5) is 19.1 Å². The van der Waals surface area contributed by atoms with E-state index in [2.05, 4.69) is 9.97 Å². The minimum atomic E-state index is -4.42. The normalized spacial score (nSPS) is 23.0. The number of rotatable bonds is 1. The number of nitrogens with two attached hydrogens (primary N) is 1. The molecule has 21 heavy (non-hydrogen) atoms. The topological polar surface area (TPSA) is 55.0 Å². The fraction of sp³-hybridized carbons (Fsp3) is 0.714. The van der Waals surface area contributed by atoms with Crippen molar-refractivity contribution in [3.63, 3.8) is 0 Å². The summed E-state index contributed by atoms with van der Waals surface area (Å²) >= 11 is 0. The van der Waals surface area contributed by atoms with Crippen molar-refractivity contribution in [1.29, 1.82) is 0 Å². The van der Waals surface area contributed by atoms with E-state index in [0.717, 1.165) is 25.7 Å². The van der Waals surface area contributed by atoms with Crippen LogP contribution in [-0.2, 0) is 19.0 Å². The molecule has 1 saturated heterocycles. The average molecular weight is 300 g/mol. The fourth-order valence-corrected chi connectivity index (χ4v) is 3.10. The highest BCUT2D eigenvalue weighted by atomic mass is 19.4. The van der Waals surface area contributed by atoms with E-state index in [-0.39, 0.29) is 12.0 Å². The van der Waals surface area contributed by atoms with Gasteiger partial charge in [-0.05, 0) is 32.1 Å². The summed E-state index contributed by atoms with van der Waals surface area (Å²) in [5, 5.41) is 0. The Morgan fingerprint density at radius 1 is 1.10 bits per heavy atom. The van der Waals surface area contributed by atoms with E-state index in [1.807, 2.05) is 0 Å². The Morgan fingerprint density at radius 2 is 1.86 bits per heavy atom. The second-order valence-electron chi connectivity index (χ2n) is 5.85. The number of aromatic nitrogens is 2. The summed E-state index contributed by atoms with van der Waals surface area (Å²) in [7, 11) is 0. The lowest BCUT2D eigenvalue weighted by Gasteiger charge is -2.20. The molecule has 1 aromatic heterocycles. The third-order valence-corrected chi connectivity index (χ3v) is 4.20. The van der Waals surface area contributed by atoms with Crippen LogP contribution in [0.25, 0.3) is 0 Å². The monoisotopic (exact) mass is 300 g/mol. The van der Waals surface area contributed by atoms with Crippen molar-refractivity contribution in [3.05, 3.63) is 17.0 Å². The third kappa shape index (κ3) is 2.97. The Morgan fingerprint density at radius 3 is 2.52 bits per heavy atom. The number of nitrogens with zero attached hydrogens (tertiary/aromatic N) is 3. The summed E-state index contributed by atoms with van der Waals surface area (Å²) in [6.45, 7) is 1.15. The van der Waals surface area contributed by atoms with Crippen molar-refractivity contribution in [2.75, 3.05) is 18.0 Å². The maximum absolute atomic E-state index is 13.3. The summed E-state index contributed by atoms with van der Waals surface area (Å²) in [6.07, 6.45) is -0.0290. The first-order valence-electron chi connectivity index (χ1n) is 7.42. The Hall–Kier alpha value is -1.37. The molecule has 1 aromatic rings. The minimum absolute atomic E-state index is 0.0123. The maximum Gasteiger partial charge on any atom is 0.433 e. The van der Waals surface area contributed by atoms with Crippen molar-refractivity contribution >= 4 is 5.95 Å². The molecule has 1 aliphatic heterocycles. The van der Waals surface area contributed by atoms with E-state index >= 15 is 0 Å². The molecule has 3 rings (SSSR count). The molecule has 2 N–H and O–H groups in total. The van der Waals surface area contributed by atoms with Crippen molar-refractivity contribution in [2.24, 2.45) is 5.73 Å². The van der Waals surface area contributed by atoms with Crippen molar-refractivity contribution in [1.82, 2.24) is 9.97 Å². The first-order valence-corrected chi connectivity index (χ1v) is 7.42. The zero-order chi connectivity index (χ0) is 15.0. The first-order chi connectivity index (χ1) is 9.95. The molecular weight excluding hydrogens is 281 g/mol. The molecule has 0 amide bonds. The lowest BCUT2D eigenvalue weighted by molar-refractivity contribution is -0.141. The highest BCUT2D eigenvalue weighted by Crippen LogP contribution is 2.35. The minimum Gasteiger partial charge on any atom is -0.339 e. The van der Waals surface area contributed by atoms with Crippen LogP contribution in [0.2, 0.25) is 0 Å². The van der Waals surface area contributed by atoms with Gasteiger partial charge in [0.2, 0.25) is 5.95 Å². The predicted octanol–water partition coefficient (Wildman–Crippen LogP) is 2.30. The zero-order valence-corrected chi connectivity index (χ0v) is 11.8. The van der Waals surface area contributed by atoms with Gasteiger partial charge in [-0.3, -0.25) is 0 Å². The summed E-state index contributed by atoms with van der Waals surface area (Å²) < 4.78 is 40.0. The van der Waals surface area contributed by atoms with Crippen molar-refractivity contribution in [3.8, 4) is 0 Å². The molecule has 4 nitrogen and oxygen atoms in total. The largest absolute Gasteiger partial charge is 0.433 e. The molecule has 1 fully saturated rings. The Kier molecular flexibility index (Phi) is 3.77. The van der Waals surface area contributed by atoms with Gasteiger partial charge in [0.15, 0.2) is 5.69 Å². The van der Waals surface area contributed by atoms with Gasteiger partial charge in [-0.15, -0.1) is 0 Å². The summed E-state index contributed by atoms with van der Waals surface area (Å²) in [6, 6.07) is -0.0123. The van der Waals surface area contributed by atoms with Crippen LogP contribution < -0.4 is 10.6 Å². The number of halogens is 3. The smallest absolute Gasteiger partial charge is 0.339 e.